The van der Waals surface area contributed by atoms with Gasteiger partial charge in [0, 0.05) is 50.7 Å². The minimum absolute atomic E-state index is 0.0520. The standard InChI is InChI=1S/C22H25FN6O2/c23-17-11-15(1-2-20(17)29-6-9-30-10-7-29)18-12-19-21(26-4-3-25-19)22(28-18)27-14-16-13-24-5-8-31-16/h1-4,11-12,16,24H,5-10,13-14H2,(H,27,28)/t16-/m0/s1. The number of benzene rings is 1. The quantitative estimate of drug-likeness (QED) is 0.644. The van der Waals surface area contributed by atoms with E-state index in [4.69, 9.17) is 14.5 Å². The van der Waals surface area contributed by atoms with Crippen LogP contribution in [-0.4, -0.2) is 73.6 Å². The summed E-state index contributed by atoms with van der Waals surface area (Å²) in [6.45, 7) is 5.53. The van der Waals surface area contributed by atoms with E-state index in [-0.39, 0.29) is 11.9 Å². The Bertz CT molecular complexity index is 1050. The number of anilines is 2. The zero-order chi connectivity index (χ0) is 21.0. The van der Waals surface area contributed by atoms with E-state index in [0.29, 0.717) is 73.3 Å². The summed E-state index contributed by atoms with van der Waals surface area (Å²) in [5.74, 6) is 0.351. The van der Waals surface area contributed by atoms with Crippen molar-refractivity contribution in [2.24, 2.45) is 0 Å². The van der Waals surface area contributed by atoms with Gasteiger partial charge in [-0.05, 0) is 18.2 Å². The van der Waals surface area contributed by atoms with Gasteiger partial charge in [-0.3, -0.25) is 4.98 Å². The average Bonchev–Trinajstić information content (AvgIpc) is 2.83. The van der Waals surface area contributed by atoms with Gasteiger partial charge in [-0.25, -0.2) is 14.4 Å². The van der Waals surface area contributed by atoms with Crippen molar-refractivity contribution in [1.29, 1.82) is 0 Å². The zero-order valence-electron chi connectivity index (χ0n) is 17.2. The number of morpholine rings is 2. The second-order valence-corrected chi connectivity index (χ2v) is 7.62. The predicted octanol–water partition coefficient (Wildman–Crippen LogP) is 2.07. The lowest BCUT2D eigenvalue weighted by Crippen LogP contribution is -2.42. The van der Waals surface area contributed by atoms with E-state index < -0.39 is 0 Å². The van der Waals surface area contributed by atoms with Gasteiger partial charge in [-0.15, -0.1) is 0 Å². The summed E-state index contributed by atoms with van der Waals surface area (Å²) in [6, 6.07) is 7.09. The van der Waals surface area contributed by atoms with Crippen molar-refractivity contribution in [1.82, 2.24) is 20.3 Å². The van der Waals surface area contributed by atoms with E-state index in [2.05, 4.69) is 20.6 Å². The molecule has 0 spiro atoms. The van der Waals surface area contributed by atoms with Gasteiger partial charge in [-0.2, -0.15) is 0 Å². The van der Waals surface area contributed by atoms with Crippen LogP contribution in [0, 0.1) is 5.82 Å². The maximum absolute atomic E-state index is 14.9. The first kappa shape index (κ1) is 20.0. The molecule has 1 aromatic carbocycles. The van der Waals surface area contributed by atoms with Gasteiger partial charge < -0.3 is 25.0 Å². The summed E-state index contributed by atoms with van der Waals surface area (Å²) in [4.78, 5) is 15.6. The second kappa shape index (κ2) is 9.09. The van der Waals surface area contributed by atoms with Crippen molar-refractivity contribution in [3.05, 3.63) is 42.5 Å². The molecule has 3 aromatic rings. The molecular weight excluding hydrogens is 399 g/mol. The number of aromatic nitrogens is 3. The van der Waals surface area contributed by atoms with Crippen molar-refractivity contribution in [2.45, 2.75) is 6.10 Å². The van der Waals surface area contributed by atoms with Crippen LogP contribution >= 0.6 is 0 Å². The van der Waals surface area contributed by atoms with Gasteiger partial charge in [-0.1, -0.05) is 6.07 Å². The van der Waals surface area contributed by atoms with Gasteiger partial charge in [0.25, 0.3) is 0 Å². The minimum atomic E-state index is -0.267. The molecular formula is C22H25FN6O2. The molecule has 9 heteroatoms. The molecule has 2 N–H and O–H groups in total. The van der Waals surface area contributed by atoms with Crippen LogP contribution in [0.25, 0.3) is 22.3 Å². The van der Waals surface area contributed by atoms with Gasteiger partial charge >= 0.3 is 0 Å². The molecule has 0 saturated carbocycles. The Labute approximate surface area is 179 Å². The molecule has 0 radical (unpaired) electrons. The Kier molecular flexibility index (Phi) is 5.88. The van der Waals surface area contributed by atoms with Crippen LogP contribution in [-0.2, 0) is 9.47 Å². The molecule has 2 aliphatic rings. The molecule has 31 heavy (non-hydrogen) atoms. The molecule has 0 aliphatic carbocycles. The largest absolute Gasteiger partial charge is 0.378 e. The van der Waals surface area contributed by atoms with E-state index in [1.807, 2.05) is 23.1 Å². The third kappa shape index (κ3) is 4.43. The summed E-state index contributed by atoms with van der Waals surface area (Å²) in [5, 5.41) is 6.67. The smallest absolute Gasteiger partial charge is 0.154 e. The number of halogens is 1. The fourth-order valence-corrected chi connectivity index (χ4v) is 3.93. The lowest BCUT2D eigenvalue weighted by atomic mass is 10.1. The highest BCUT2D eigenvalue weighted by Gasteiger charge is 2.18. The third-order valence-electron chi connectivity index (χ3n) is 5.55. The minimum Gasteiger partial charge on any atom is -0.378 e. The lowest BCUT2D eigenvalue weighted by Gasteiger charge is -2.29. The van der Waals surface area contributed by atoms with E-state index in [1.165, 1.54) is 6.07 Å². The molecule has 0 bridgehead atoms. The number of hydrogen-bond acceptors (Lipinski definition) is 8. The van der Waals surface area contributed by atoms with Crippen molar-refractivity contribution in [2.75, 3.05) is 62.8 Å². The van der Waals surface area contributed by atoms with Gasteiger partial charge in [0.1, 0.15) is 11.3 Å². The van der Waals surface area contributed by atoms with Gasteiger partial charge in [0.15, 0.2) is 5.82 Å². The van der Waals surface area contributed by atoms with Gasteiger partial charge in [0.2, 0.25) is 0 Å². The Hall–Kier alpha value is -2.88. The molecule has 2 saturated heterocycles. The van der Waals surface area contributed by atoms with Crippen molar-refractivity contribution in [3.63, 3.8) is 0 Å². The monoisotopic (exact) mass is 424 g/mol. The molecule has 2 fully saturated rings. The average molecular weight is 424 g/mol. The highest BCUT2D eigenvalue weighted by Crippen LogP contribution is 2.29. The van der Waals surface area contributed by atoms with Gasteiger partial charge in [0.05, 0.1) is 42.8 Å². The first-order valence-corrected chi connectivity index (χ1v) is 10.6. The first-order valence-electron chi connectivity index (χ1n) is 10.6. The van der Waals surface area contributed by atoms with E-state index in [1.54, 1.807) is 12.4 Å². The second-order valence-electron chi connectivity index (χ2n) is 7.62. The number of hydrogen-bond donors (Lipinski definition) is 2. The third-order valence-corrected chi connectivity index (χ3v) is 5.55. The number of pyridine rings is 1. The fraction of sp³-hybridized carbons (Fsp3) is 0.409. The molecule has 0 unspecified atom stereocenters. The molecule has 8 nitrogen and oxygen atoms in total. The Morgan fingerprint density at radius 2 is 2.00 bits per heavy atom. The van der Waals surface area contributed by atoms with Crippen LogP contribution in [0.1, 0.15) is 0 Å². The Morgan fingerprint density at radius 1 is 1.13 bits per heavy atom. The molecule has 1 atom stereocenters. The molecule has 162 valence electrons. The summed E-state index contributed by atoms with van der Waals surface area (Å²) in [7, 11) is 0. The van der Waals surface area contributed by atoms with Crippen LogP contribution in [0.5, 0.6) is 0 Å². The lowest BCUT2D eigenvalue weighted by molar-refractivity contribution is 0.0372. The Balaban J connectivity index is 1.44. The van der Waals surface area contributed by atoms with Crippen LogP contribution < -0.4 is 15.5 Å². The normalized spacial score (nSPS) is 19.5. The predicted molar refractivity (Wildman–Crippen MR) is 117 cm³/mol. The number of fused-ring (bicyclic) bond motifs is 1. The zero-order valence-corrected chi connectivity index (χ0v) is 17.2. The highest BCUT2D eigenvalue weighted by atomic mass is 19.1. The first-order chi connectivity index (χ1) is 15.3. The maximum Gasteiger partial charge on any atom is 0.154 e. The maximum atomic E-state index is 14.9. The van der Waals surface area contributed by atoms with Crippen molar-refractivity contribution in [3.8, 4) is 11.3 Å². The molecule has 5 rings (SSSR count). The van der Waals surface area contributed by atoms with E-state index in [0.717, 1.165) is 13.1 Å². The Morgan fingerprint density at radius 3 is 2.81 bits per heavy atom. The van der Waals surface area contributed by atoms with Crippen LogP contribution in [0.4, 0.5) is 15.9 Å². The topological polar surface area (TPSA) is 84.4 Å². The number of nitrogens with one attached hydrogen (secondary N) is 2. The SMILES string of the molecule is Fc1cc(-c2cc3nccnc3c(NC[C@@H]3CNCCO3)n2)ccc1N1CCOCC1. The number of ether oxygens (including phenoxy) is 2. The van der Waals surface area contributed by atoms with Crippen molar-refractivity contribution >= 4 is 22.5 Å². The summed E-state index contributed by atoms with van der Waals surface area (Å²) < 4.78 is 26.1. The molecule has 0 amide bonds. The molecule has 2 aliphatic heterocycles. The molecule has 4 heterocycles. The van der Waals surface area contributed by atoms with Crippen molar-refractivity contribution < 1.29 is 13.9 Å². The van der Waals surface area contributed by atoms with E-state index >= 15 is 0 Å². The summed E-state index contributed by atoms with van der Waals surface area (Å²) >= 11 is 0. The van der Waals surface area contributed by atoms with Crippen LogP contribution in [0.3, 0.4) is 0 Å². The number of rotatable bonds is 5. The summed E-state index contributed by atoms with van der Waals surface area (Å²) in [6.07, 6.45) is 3.34. The highest BCUT2D eigenvalue weighted by molar-refractivity contribution is 5.88. The van der Waals surface area contributed by atoms with Crippen LogP contribution in [0.2, 0.25) is 0 Å². The van der Waals surface area contributed by atoms with E-state index in [9.17, 15) is 4.39 Å². The molecule has 2 aromatic heterocycles. The fourth-order valence-electron chi connectivity index (χ4n) is 3.93. The summed E-state index contributed by atoms with van der Waals surface area (Å²) in [5.41, 5.74) is 3.31. The number of nitrogens with zero attached hydrogens (tertiary/aromatic N) is 4. The van der Waals surface area contributed by atoms with Crippen LogP contribution in [0.15, 0.2) is 36.7 Å².